The molecule has 2 aliphatic heterocycles. The first kappa shape index (κ1) is 31.8. The van der Waals surface area contributed by atoms with Gasteiger partial charge in [0.05, 0.1) is 13.1 Å². The van der Waals surface area contributed by atoms with E-state index in [-0.39, 0.29) is 43.1 Å². The highest BCUT2D eigenvalue weighted by Crippen LogP contribution is 2.31. The summed E-state index contributed by atoms with van der Waals surface area (Å²) in [7, 11) is 1.72. The molecule has 250 valence electrons. The standard InChI is InChI=1S/C38H39N7O4/c1-41-25-36(47)44-34(18-26-13-15-32(46)16-14-26)37(48)43(24-35(44)45(41)38(49)40-19-27-7-3-2-4-8-27)22-30-11-6-10-29-21-42(23-33(29)30)20-28-9-5-12-31(39)17-28/h2-17,21,23,34-35,46H,18-20,22,24-25,39H2,1H3,(H,40,49)/t34-,35-/m0/s1. The van der Waals surface area contributed by atoms with Gasteiger partial charge in [-0.2, -0.15) is 0 Å². The number of anilines is 1. The third-order valence-electron chi connectivity index (χ3n) is 9.31. The van der Waals surface area contributed by atoms with Crippen LogP contribution in [0.4, 0.5) is 10.5 Å². The Labute approximate surface area is 284 Å². The first-order chi connectivity index (χ1) is 23.7. The number of hydrogen-bond donors (Lipinski definition) is 3. The van der Waals surface area contributed by atoms with Gasteiger partial charge in [-0.15, -0.1) is 0 Å². The Morgan fingerprint density at radius 2 is 1.63 bits per heavy atom. The lowest BCUT2D eigenvalue weighted by Gasteiger charge is -2.54. The Hall–Kier alpha value is -5.81. The fourth-order valence-corrected chi connectivity index (χ4v) is 6.98. The number of nitrogens with one attached hydrogen (secondary N) is 1. The molecule has 49 heavy (non-hydrogen) atoms. The molecule has 0 spiro atoms. The minimum absolute atomic E-state index is 0.0471. The zero-order valence-corrected chi connectivity index (χ0v) is 27.3. The molecule has 3 heterocycles. The topological polar surface area (TPSA) is 127 Å². The lowest BCUT2D eigenvalue weighted by atomic mass is 9.98. The predicted molar refractivity (Wildman–Crippen MR) is 187 cm³/mol. The van der Waals surface area contributed by atoms with Crippen LogP contribution in [0.2, 0.25) is 0 Å². The molecule has 4 aromatic carbocycles. The number of nitrogens with two attached hydrogens (primary N) is 1. The zero-order chi connectivity index (χ0) is 34.1. The van der Waals surface area contributed by atoms with Crippen LogP contribution in [0.5, 0.6) is 5.75 Å². The lowest BCUT2D eigenvalue weighted by molar-refractivity contribution is -0.187. The van der Waals surface area contributed by atoms with E-state index in [9.17, 15) is 19.5 Å². The number of carbonyl (C=O) groups is 3. The number of likely N-dealkylation sites (N-methyl/N-ethyl adjacent to an activating group) is 1. The number of rotatable bonds is 8. The molecule has 4 amide bonds. The monoisotopic (exact) mass is 657 g/mol. The van der Waals surface area contributed by atoms with Crippen molar-refractivity contribution in [3.8, 4) is 5.75 Å². The molecule has 0 saturated carbocycles. The Morgan fingerprint density at radius 1 is 0.878 bits per heavy atom. The van der Waals surface area contributed by atoms with Crippen LogP contribution in [0, 0.1) is 0 Å². The summed E-state index contributed by atoms with van der Waals surface area (Å²) in [5.74, 6) is -0.300. The van der Waals surface area contributed by atoms with Gasteiger partial charge < -0.3 is 30.5 Å². The maximum absolute atomic E-state index is 14.4. The summed E-state index contributed by atoms with van der Waals surface area (Å²) < 4.78 is 2.11. The Morgan fingerprint density at radius 3 is 2.41 bits per heavy atom. The molecule has 2 fully saturated rings. The van der Waals surface area contributed by atoms with E-state index in [1.165, 1.54) is 0 Å². The number of fused-ring (bicyclic) bond motifs is 2. The molecule has 5 aromatic rings. The molecule has 0 radical (unpaired) electrons. The molecule has 2 saturated heterocycles. The van der Waals surface area contributed by atoms with Crippen LogP contribution >= 0.6 is 0 Å². The van der Waals surface area contributed by atoms with Crippen molar-refractivity contribution in [2.75, 3.05) is 25.9 Å². The Kier molecular flexibility index (Phi) is 8.66. The normalized spacial score (nSPS) is 18.2. The highest BCUT2D eigenvalue weighted by Gasteiger charge is 2.50. The lowest BCUT2D eigenvalue weighted by Crippen LogP contribution is -2.76. The number of carbonyl (C=O) groups excluding carboxylic acids is 3. The second kappa shape index (κ2) is 13.4. The maximum Gasteiger partial charge on any atom is 0.334 e. The molecular formula is C38H39N7O4. The SMILES string of the molecule is CN1CC(=O)N2[C@@H](Cc3ccc(O)cc3)C(=O)N(Cc3cccc4cn(Cc5cccc(N)c5)cc34)C[C@@H]2N1C(=O)NCc1ccccc1. The quantitative estimate of drug-likeness (QED) is 0.215. The van der Waals surface area contributed by atoms with Crippen LogP contribution in [0.3, 0.4) is 0 Å². The smallest absolute Gasteiger partial charge is 0.334 e. The van der Waals surface area contributed by atoms with Gasteiger partial charge in [-0.25, -0.2) is 14.8 Å². The van der Waals surface area contributed by atoms with E-state index in [1.54, 1.807) is 51.1 Å². The molecule has 2 aliphatic rings. The van der Waals surface area contributed by atoms with E-state index < -0.39 is 12.2 Å². The summed E-state index contributed by atoms with van der Waals surface area (Å²) in [6.45, 7) is 1.36. The summed E-state index contributed by atoms with van der Waals surface area (Å²) in [5.41, 5.74) is 10.5. The van der Waals surface area contributed by atoms with Crippen molar-refractivity contribution >= 4 is 34.3 Å². The minimum atomic E-state index is -0.846. The van der Waals surface area contributed by atoms with Gasteiger partial charge >= 0.3 is 6.03 Å². The van der Waals surface area contributed by atoms with E-state index in [4.69, 9.17) is 5.73 Å². The summed E-state index contributed by atoms with van der Waals surface area (Å²) in [6, 6.07) is 28.9. The van der Waals surface area contributed by atoms with Gasteiger partial charge in [-0.3, -0.25) is 9.59 Å². The van der Waals surface area contributed by atoms with E-state index in [1.807, 2.05) is 66.7 Å². The van der Waals surface area contributed by atoms with E-state index in [0.717, 1.165) is 33.0 Å². The number of phenols is 1. The number of aromatic nitrogens is 1. The first-order valence-corrected chi connectivity index (χ1v) is 16.3. The number of phenolic OH excluding ortho intramolecular Hbond substituents is 1. The number of benzene rings is 4. The van der Waals surface area contributed by atoms with Crippen LogP contribution in [-0.4, -0.2) is 79.7 Å². The van der Waals surface area contributed by atoms with Crippen molar-refractivity contribution < 1.29 is 19.5 Å². The minimum Gasteiger partial charge on any atom is -0.508 e. The molecule has 0 aliphatic carbocycles. The van der Waals surface area contributed by atoms with E-state index in [0.29, 0.717) is 25.3 Å². The third-order valence-corrected chi connectivity index (χ3v) is 9.31. The molecular weight excluding hydrogens is 618 g/mol. The van der Waals surface area contributed by atoms with Crippen molar-refractivity contribution in [2.45, 2.75) is 38.3 Å². The van der Waals surface area contributed by atoms with Gasteiger partial charge in [0.15, 0.2) is 0 Å². The average Bonchev–Trinajstić information content (AvgIpc) is 3.50. The number of piperazine rings is 1. The number of aromatic hydroxyl groups is 1. The second-order valence-corrected chi connectivity index (χ2v) is 12.8. The Bertz CT molecular complexity index is 1990. The molecule has 0 unspecified atom stereocenters. The molecule has 11 heteroatoms. The highest BCUT2D eigenvalue weighted by molar-refractivity contribution is 5.92. The molecule has 1 aromatic heterocycles. The van der Waals surface area contributed by atoms with Crippen molar-refractivity contribution in [2.24, 2.45) is 0 Å². The van der Waals surface area contributed by atoms with Crippen molar-refractivity contribution in [3.63, 3.8) is 0 Å². The number of urea groups is 1. The number of nitrogens with zero attached hydrogens (tertiary/aromatic N) is 5. The van der Waals surface area contributed by atoms with Gasteiger partial charge in [0, 0.05) is 56.6 Å². The van der Waals surface area contributed by atoms with E-state index in [2.05, 4.69) is 28.3 Å². The summed E-state index contributed by atoms with van der Waals surface area (Å²) in [4.78, 5) is 45.3. The molecule has 0 bridgehead atoms. The number of hydrazine groups is 1. The number of hydrogen-bond acceptors (Lipinski definition) is 6. The number of amides is 4. The van der Waals surface area contributed by atoms with Gasteiger partial charge in [0.1, 0.15) is 18.0 Å². The largest absolute Gasteiger partial charge is 0.508 e. The van der Waals surface area contributed by atoms with Gasteiger partial charge in [-0.05, 0) is 51.9 Å². The van der Waals surface area contributed by atoms with Crippen LogP contribution in [0.1, 0.15) is 22.3 Å². The van der Waals surface area contributed by atoms with Crippen LogP contribution < -0.4 is 11.1 Å². The maximum atomic E-state index is 14.4. The van der Waals surface area contributed by atoms with Gasteiger partial charge in [-0.1, -0.05) is 72.8 Å². The predicted octanol–water partition coefficient (Wildman–Crippen LogP) is 4.16. The van der Waals surface area contributed by atoms with Gasteiger partial charge in [0.25, 0.3) is 0 Å². The highest BCUT2D eigenvalue weighted by atomic mass is 16.3. The molecule has 2 atom stereocenters. The van der Waals surface area contributed by atoms with Gasteiger partial charge in [0.2, 0.25) is 11.8 Å². The summed E-state index contributed by atoms with van der Waals surface area (Å²) in [6.07, 6.45) is 3.68. The van der Waals surface area contributed by atoms with E-state index >= 15 is 0 Å². The van der Waals surface area contributed by atoms with Crippen LogP contribution in [-0.2, 0) is 35.6 Å². The zero-order valence-electron chi connectivity index (χ0n) is 27.3. The second-order valence-electron chi connectivity index (χ2n) is 12.8. The first-order valence-electron chi connectivity index (χ1n) is 16.3. The summed E-state index contributed by atoms with van der Waals surface area (Å²) >= 11 is 0. The Balaban J connectivity index is 1.20. The third kappa shape index (κ3) is 6.66. The fraction of sp³-hybridized carbons (Fsp3) is 0.237. The fourth-order valence-electron chi connectivity index (χ4n) is 6.98. The summed E-state index contributed by atoms with van der Waals surface area (Å²) in [5, 5.41) is 18.2. The molecule has 4 N–H and O–H groups in total. The van der Waals surface area contributed by atoms with Crippen molar-refractivity contribution in [3.05, 3.63) is 132 Å². The van der Waals surface area contributed by atoms with Crippen LogP contribution in [0.15, 0.2) is 109 Å². The van der Waals surface area contributed by atoms with Crippen molar-refractivity contribution in [1.82, 2.24) is 29.7 Å². The number of nitrogen functional groups attached to an aromatic ring is 1. The average molecular weight is 658 g/mol. The van der Waals surface area contributed by atoms with Crippen LogP contribution in [0.25, 0.3) is 10.8 Å². The van der Waals surface area contributed by atoms with Crippen molar-refractivity contribution in [1.29, 1.82) is 0 Å². The molecule has 11 nitrogen and oxygen atoms in total. The molecule has 7 rings (SSSR count).